The van der Waals surface area contributed by atoms with E-state index in [9.17, 15) is 37.5 Å². The maximum Gasteiger partial charge on any atom is 0.422 e. The minimum absolute atomic E-state index is 0.00321. The summed E-state index contributed by atoms with van der Waals surface area (Å²) in [4.78, 5) is 65.5. The van der Waals surface area contributed by atoms with E-state index in [1.165, 1.54) is 24.3 Å². The highest BCUT2D eigenvalue weighted by atomic mass is 35.5. The molecule has 280 valence electrons. The lowest BCUT2D eigenvalue weighted by Gasteiger charge is -2.19. The number of benzene rings is 2. The van der Waals surface area contributed by atoms with Gasteiger partial charge in [-0.2, -0.15) is 28.1 Å². The predicted molar refractivity (Wildman–Crippen MR) is 185 cm³/mol. The summed E-state index contributed by atoms with van der Waals surface area (Å²) in [5.41, 5.74) is 0.746. The number of imidazole rings is 1. The number of hydrogen-bond donors (Lipinski definition) is 5. The zero-order valence-electron chi connectivity index (χ0n) is 28.2. The van der Waals surface area contributed by atoms with Gasteiger partial charge in [-0.25, -0.2) is 9.78 Å². The number of aromatic nitrogens is 5. The van der Waals surface area contributed by atoms with Crippen molar-refractivity contribution in [2.24, 2.45) is 0 Å². The van der Waals surface area contributed by atoms with E-state index in [4.69, 9.17) is 16.3 Å². The minimum Gasteiger partial charge on any atom is -0.480 e. The second kappa shape index (κ2) is 16.7. The lowest BCUT2D eigenvalue weighted by Crippen LogP contribution is -2.43. The van der Waals surface area contributed by atoms with Crippen LogP contribution in [0.2, 0.25) is 5.02 Å². The quantitative estimate of drug-likeness (QED) is 0.0888. The van der Waals surface area contributed by atoms with E-state index in [0.29, 0.717) is 36.5 Å². The maximum absolute atomic E-state index is 12.9. The van der Waals surface area contributed by atoms with E-state index >= 15 is 0 Å². The molecule has 1 aliphatic rings. The summed E-state index contributed by atoms with van der Waals surface area (Å²) in [6.07, 6.45) is 0.394. The fourth-order valence-electron chi connectivity index (χ4n) is 5.20. The predicted octanol–water partition coefficient (Wildman–Crippen LogP) is 4.55. The molecule has 0 radical (unpaired) electrons. The summed E-state index contributed by atoms with van der Waals surface area (Å²) in [5, 5.41) is 21.0. The molecule has 1 fully saturated rings. The maximum atomic E-state index is 12.9. The lowest BCUT2D eigenvalue weighted by molar-refractivity contribution is -0.154. The third-order valence-corrected chi connectivity index (χ3v) is 8.43. The van der Waals surface area contributed by atoms with E-state index in [1.807, 2.05) is 23.6 Å². The summed E-state index contributed by atoms with van der Waals surface area (Å²) < 4.78 is 45.4. The molecule has 4 aromatic rings. The van der Waals surface area contributed by atoms with Crippen molar-refractivity contribution in [1.29, 1.82) is 0 Å². The van der Waals surface area contributed by atoms with E-state index in [-0.39, 0.29) is 36.8 Å². The van der Waals surface area contributed by atoms with Crippen molar-refractivity contribution in [3.63, 3.8) is 0 Å². The van der Waals surface area contributed by atoms with Crippen LogP contribution in [0.25, 0.3) is 0 Å². The first-order chi connectivity index (χ1) is 25.2. The minimum atomic E-state index is -4.64. The van der Waals surface area contributed by atoms with Crippen molar-refractivity contribution >= 4 is 52.8 Å². The molecule has 0 unspecified atom stereocenters. The van der Waals surface area contributed by atoms with Crippen LogP contribution < -0.4 is 26.0 Å². The number of aryl methyl sites for hydroxylation is 2. The molecule has 1 atom stereocenters. The van der Waals surface area contributed by atoms with Gasteiger partial charge in [-0.3, -0.25) is 14.4 Å². The van der Waals surface area contributed by atoms with E-state index in [0.717, 1.165) is 11.4 Å². The number of carbonyl (C=O) groups excluding carboxylic acids is 3. The average molecular weight is 758 g/mol. The molecule has 19 heteroatoms. The molecular formula is C34H35ClF3N9O6. The molecule has 0 aliphatic heterocycles. The van der Waals surface area contributed by atoms with Crippen molar-refractivity contribution in [2.45, 2.75) is 63.3 Å². The Morgan fingerprint density at radius 1 is 1.02 bits per heavy atom. The first-order valence-electron chi connectivity index (χ1n) is 16.4. The molecule has 1 saturated carbocycles. The molecule has 1 aliphatic carbocycles. The Morgan fingerprint density at radius 2 is 1.72 bits per heavy atom. The summed E-state index contributed by atoms with van der Waals surface area (Å²) in [5.74, 6) is -2.97. The Labute approximate surface area is 305 Å². The zero-order chi connectivity index (χ0) is 38.2. The van der Waals surface area contributed by atoms with Crippen LogP contribution in [0.15, 0.2) is 60.9 Å². The van der Waals surface area contributed by atoms with Crippen LogP contribution in [0.1, 0.15) is 53.8 Å². The highest BCUT2D eigenvalue weighted by Crippen LogP contribution is 2.48. The first kappa shape index (κ1) is 38.5. The number of carboxylic acids is 1. The average Bonchev–Trinajstić information content (AvgIpc) is 3.78. The van der Waals surface area contributed by atoms with E-state index in [1.54, 1.807) is 24.5 Å². The van der Waals surface area contributed by atoms with Crippen LogP contribution in [-0.2, 0) is 26.5 Å². The first-order valence-corrected chi connectivity index (χ1v) is 16.8. The Kier molecular flexibility index (Phi) is 12.1. The SMILES string of the molecule is Cc1nccn1CCCC(=O)C(=O)NCC[C@H](NC(=O)c1ccc(Nc2nc(NC3(c4ccc(Cl)cc4)CC3)nc(OCC(F)(F)F)n2)cc1)C(=O)O. The second-order valence-corrected chi connectivity index (χ2v) is 12.6. The molecular weight excluding hydrogens is 723 g/mol. The van der Waals surface area contributed by atoms with Gasteiger partial charge in [0.2, 0.25) is 17.7 Å². The van der Waals surface area contributed by atoms with Crippen molar-refractivity contribution in [1.82, 2.24) is 35.1 Å². The molecule has 2 aromatic heterocycles. The zero-order valence-corrected chi connectivity index (χ0v) is 29.0. The highest BCUT2D eigenvalue weighted by molar-refractivity contribution is 6.36. The number of amides is 2. The number of nitrogens with zero attached hydrogens (tertiary/aromatic N) is 5. The van der Waals surface area contributed by atoms with Gasteiger partial charge in [0.05, 0.1) is 5.54 Å². The fourth-order valence-corrected chi connectivity index (χ4v) is 5.32. The Hall–Kier alpha value is -5.78. The summed E-state index contributed by atoms with van der Waals surface area (Å²) in [6, 6.07) is 10.8. The van der Waals surface area contributed by atoms with Gasteiger partial charge >= 0.3 is 18.2 Å². The van der Waals surface area contributed by atoms with Crippen LogP contribution in [0.5, 0.6) is 6.01 Å². The molecule has 2 aromatic carbocycles. The molecule has 15 nitrogen and oxygen atoms in total. The monoisotopic (exact) mass is 757 g/mol. The number of anilines is 3. The molecule has 0 bridgehead atoms. The number of alkyl halides is 3. The standard InChI is InChI=1S/C34H35ClF3N9O6/c1-20-39-16-18-47(20)17-2-3-26(48)28(50)40-15-12-25(29(51)52)42-27(49)21-4-10-24(11-5-21)41-30-43-31(45-32(44-30)53-19-34(36,37)38)46-33(13-14-33)22-6-8-23(35)9-7-22/h4-11,16,18,25H,2-3,12-15,17,19H2,1H3,(H,40,50)(H,42,49)(H,51,52)(H2,41,43,44,45,46)/t25-/m0/s1. The van der Waals surface area contributed by atoms with Gasteiger partial charge in [0.25, 0.3) is 11.8 Å². The highest BCUT2D eigenvalue weighted by Gasteiger charge is 2.45. The smallest absolute Gasteiger partial charge is 0.422 e. The number of carboxylic acid groups (broad SMARTS) is 1. The topological polar surface area (TPSA) is 202 Å². The van der Waals surface area contributed by atoms with Gasteiger partial charge in [0, 0.05) is 48.2 Å². The number of ketones is 1. The van der Waals surface area contributed by atoms with Crippen LogP contribution >= 0.6 is 11.6 Å². The van der Waals surface area contributed by atoms with Gasteiger partial charge in [0.1, 0.15) is 11.9 Å². The molecule has 0 spiro atoms. The molecule has 5 N–H and O–H groups in total. The van der Waals surface area contributed by atoms with Crippen LogP contribution in [-0.4, -0.2) is 78.5 Å². The van der Waals surface area contributed by atoms with Gasteiger partial charge < -0.3 is 35.7 Å². The molecule has 2 amide bonds. The van der Waals surface area contributed by atoms with E-state index < -0.39 is 53.9 Å². The summed E-state index contributed by atoms with van der Waals surface area (Å²) in [7, 11) is 0. The molecule has 2 heterocycles. The van der Waals surface area contributed by atoms with Gasteiger partial charge in [-0.05, 0) is 74.6 Å². The van der Waals surface area contributed by atoms with Crippen molar-refractivity contribution < 1.29 is 42.2 Å². The van der Waals surface area contributed by atoms with Crippen LogP contribution in [0, 0.1) is 6.92 Å². The van der Waals surface area contributed by atoms with Crippen LogP contribution in [0.4, 0.5) is 30.8 Å². The number of ether oxygens (including phenoxy) is 1. The largest absolute Gasteiger partial charge is 0.480 e. The van der Waals surface area contributed by atoms with Gasteiger partial charge in [0.15, 0.2) is 6.61 Å². The lowest BCUT2D eigenvalue weighted by atomic mass is 10.1. The van der Waals surface area contributed by atoms with Crippen LogP contribution in [0.3, 0.4) is 0 Å². The van der Waals surface area contributed by atoms with Crippen molar-refractivity contribution in [3.05, 3.63) is 82.9 Å². The molecule has 53 heavy (non-hydrogen) atoms. The van der Waals surface area contributed by atoms with Crippen molar-refractivity contribution in [2.75, 3.05) is 23.8 Å². The summed E-state index contributed by atoms with van der Waals surface area (Å²) >= 11 is 6.02. The summed E-state index contributed by atoms with van der Waals surface area (Å²) in [6.45, 7) is 0.527. The van der Waals surface area contributed by atoms with Gasteiger partial charge in [-0.1, -0.05) is 23.7 Å². The fraction of sp³-hybridized carbons (Fsp3) is 0.353. The third-order valence-electron chi connectivity index (χ3n) is 8.18. The Morgan fingerprint density at radius 3 is 2.34 bits per heavy atom. The number of halogens is 4. The normalized spacial score (nSPS) is 13.8. The molecule has 5 rings (SSSR count). The number of carbonyl (C=O) groups is 4. The second-order valence-electron chi connectivity index (χ2n) is 12.2. The number of Topliss-reactive ketones (excluding diaryl/α,β-unsaturated/α-hetero) is 1. The number of rotatable bonds is 18. The van der Waals surface area contributed by atoms with Gasteiger partial charge in [-0.15, -0.1) is 0 Å². The number of hydrogen-bond acceptors (Lipinski definition) is 11. The Bertz CT molecular complexity index is 1940. The third kappa shape index (κ3) is 11.1. The molecule has 0 saturated heterocycles. The number of nitrogens with one attached hydrogen (secondary N) is 4. The van der Waals surface area contributed by atoms with E-state index in [2.05, 4.69) is 41.2 Å². The van der Waals surface area contributed by atoms with Crippen molar-refractivity contribution in [3.8, 4) is 6.01 Å². The number of aliphatic carboxylic acids is 1. The Balaban J connectivity index is 1.16.